The fraction of sp³-hybridized carbons (Fsp3) is 0.333. The molecule has 1 saturated carbocycles. The molecule has 2 aromatic carbocycles. The normalized spacial score (nSPS) is 21.1. The fourth-order valence-electron chi connectivity index (χ4n) is 4.29. The number of benzene rings is 2. The maximum atomic E-state index is 13.4. The molecule has 2 fully saturated rings. The summed E-state index contributed by atoms with van der Waals surface area (Å²) in [6.45, 7) is 0.780. The molecule has 5 rings (SSSR count). The van der Waals surface area contributed by atoms with Gasteiger partial charge in [0.15, 0.2) is 0 Å². The minimum absolute atomic E-state index is 0.0411. The van der Waals surface area contributed by atoms with Crippen LogP contribution in [-0.4, -0.2) is 36.0 Å². The van der Waals surface area contributed by atoms with Crippen molar-refractivity contribution in [2.24, 2.45) is 5.41 Å². The molecule has 1 spiro atoms. The van der Waals surface area contributed by atoms with Crippen LogP contribution < -0.4 is 0 Å². The highest BCUT2D eigenvalue weighted by molar-refractivity contribution is 7.89. The maximum absolute atomic E-state index is 13.4. The number of sulfonamides is 1. The highest BCUT2D eigenvalue weighted by atomic mass is 32.2. The molecule has 0 amide bonds. The molecule has 0 bridgehead atoms. The summed E-state index contributed by atoms with van der Waals surface area (Å²) in [6.07, 6.45) is 2.24. The van der Waals surface area contributed by atoms with Crippen LogP contribution in [0, 0.1) is 17.0 Å². The van der Waals surface area contributed by atoms with Gasteiger partial charge < -0.3 is 4.42 Å². The summed E-state index contributed by atoms with van der Waals surface area (Å²) in [5.41, 5.74) is 0.490. The predicted octanol–water partition coefficient (Wildman–Crippen LogP) is 3.97. The molecule has 1 aromatic heterocycles. The van der Waals surface area contributed by atoms with Gasteiger partial charge in [0.2, 0.25) is 21.8 Å². The van der Waals surface area contributed by atoms with Crippen LogP contribution in [0.15, 0.2) is 57.8 Å². The van der Waals surface area contributed by atoms with Gasteiger partial charge >= 0.3 is 0 Å². The van der Waals surface area contributed by atoms with Gasteiger partial charge in [-0.3, -0.25) is 0 Å². The highest BCUT2D eigenvalue weighted by Crippen LogP contribution is 2.64. The summed E-state index contributed by atoms with van der Waals surface area (Å²) in [4.78, 5) is 0.101. The molecule has 0 N–H and O–H groups in total. The fourth-order valence-corrected chi connectivity index (χ4v) is 5.73. The van der Waals surface area contributed by atoms with E-state index < -0.39 is 15.8 Å². The molecule has 1 aliphatic carbocycles. The van der Waals surface area contributed by atoms with E-state index >= 15 is 0 Å². The first-order valence-electron chi connectivity index (χ1n) is 9.72. The third kappa shape index (κ3) is 3.31. The number of piperidine rings is 1. The molecular formula is C21H19F2N3O3S. The first-order valence-corrected chi connectivity index (χ1v) is 11.2. The standard InChI is InChI=1S/C21H19F2N3O3S/c22-15-4-6-17(7-5-15)30(27,28)26-10-8-21(9-11-26)13-18(21)20-25-24-19(29-20)14-2-1-3-16(23)12-14/h1-7,12,18H,8-11,13H2/t18-/m1/s1. The summed E-state index contributed by atoms with van der Waals surface area (Å²) in [7, 11) is -3.64. The lowest BCUT2D eigenvalue weighted by molar-refractivity contribution is 0.246. The second-order valence-corrected chi connectivity index (χ2v) is 9.87. The van der Waals surface area contributed by atoms with Crippen LogP contribution in [0.4, 0.5) is 8.78 Å². The van der Waals surface area contributed by atoms with E-state index in [9.17, 15) is 17.2 Å². The Hall–Kier alpha value is -2.65. The Morgan fingerprint density at radius 3 is 2.43 bits per heavy atom. The smallest absolute Gasteiger partial charge is 0.247 e. The van der Waals surface area contributed by atoms with Gasteiger partial charge in [0.05, 0.1) is 4.90 Å². The molecule has 30 heavy (non-hydrogen) atoms. The maximum Gasteiger partial charge on any atom is 0.247 e. The van der Waals surface area contributed by atoms with E-state index in [0.717, 1.165) is 18.6 Å². The van der Waals surface area contributed by atoms with Crippen LogP contribution in [0.5, 0.6) is 0 Å². The van der Waals surface area contributed by atoms with E-state index in [1.54, 1.807) is 12.1 Å². The lowest BCUT2D eigenvalue weighted by atomic mass is 9.92. The zero-order chi connectivity index (χ0) is 20.9. The molecule has 3 aromatic rings. The summed E-state index contributed by atoms with van der Waals surface area (Å²) in [5, 5.41) is 8.20. The van der Waals surface area contributed by atoms with Crippen LogP contribution in [0.1, 0.15) is 31.1 Å². The largest absolute Gasteiger partial charge is 0.420 e. The monoisotopic (exact) mass is 431 g/mol. The number of rotatable bonds is 4. The van der Waals surface area contributed by atoms with Crippen LogP contribution in [0.2, 0.25) is 0 Å². The van der Waals surface area contributed by atoms with E-state index in [1.165, 1.54) is 28.6 Å². The van der Waals surface area contributed by atoms with Gasteiger partial charge in [0, 0.05) is 24.6 Å². The quantitative estimate of drug-likeness (QED) is 0.625. The molecular weight excluding hydrogens is 412 g/mol. The van der Waals surface area contributed by atoms with Gasteiger partial charge in [-0.25, -0.2) is 17.2 Å². The summed E-state index contributed by atoms with van der Waals surface area (Å²) in [6, 6.07) is 10.9. The Kier molecular flexibility index (Phi) is 4.48. The molecule has 156 valence electrons. The molecule has 0 radical (unpaired) electrons. The van der Waals surface area contributed by atoms with E-state index in [2.05, 4.69) is 10.2 Å². The molecule has 0 unspecified atom stereocenters. The lowest BCUT2D eigenvalue weighted by Crippen LogP contribution is -2.39. The molecule has 1 aliphatic heterocycles. The van der Waals surface area contributed by atoms with Crippen LogP contribution in [0.25, 0.3) is 11.5 Å². The number of nitrogens with zero attached hydrogens (tertiary/aromatic N) is 3. The summed E-state index contributed by atoms with van der Waals surface area (Å²) in [5.74, 6) is 0.0457. The number of hydrogen-bond acceptors (Lipinski definition) is 5. The first-order chi connectivity index (χ1) is 14.4. The van der Waals surface area contributed by atoms with Crippen molar-refractivity contribution >= 4 is 10.0 Å². The molecule has 6 nitrogen and oxygen atoms in total. The minimum atomic E-state index is -3.64. The summed E-state index contributed by atoms with van der Waals surface area (Å²) >= 11 is 0. The van der Waals surface area contributed by atoms with E-state index in [4.69, 9.17) is 4.42 Å². The van der Waals surface area contributed by atoms with Crippen molar-refractivity contribution in [3.8, 4) is 11.5 Å². The van der Waals surface area contributed by atoms with E-state index in [-0.39, 0.29) is 27.9 Å². The molecule has 2 aliphatic rings. The molecule has 1 atom stereocenters. The van der Waals surface area contributed by atoms with Gasteiger partial charge in [-0.1, -0.05) is 6.07 Å². The van der Waals surface area contributed by atoms with E-state index in [1.807, 2.05) is 0 Å². The minimum Gasteiger partial charge on any atom is -0.420 e. The third-order valence-electron chi connectivity index (χ3n) is 6.17. The Balaban J connectivity index is 1.27. The zero-order valence-corrected chi connectivity index (χ0v) is 16.8. The van der Waals surface area contributed by atoms with Crippen molar-refractivity contribution in [3.05, 3.63) is 66.1 Å². The Bertz CT molecular complexity index is 1190. The number of halogens is 2. The molecule has 1 saturated heterocycles. The van der Waals surface area contributed by atoms with Gasteiger partial charge in [-0.05, 0) is 67.1 Å². The molecule has 2 heterocycles. The lowest BCUT2D eigenvalue weighted by Gasteiger charge is -2.31. The average Bonchev–Trinajstić information content (AvgIpc) is 3.20. The Morgan fingerprint density at radius 2 is 1.73 bits per heavy atom. The first kappa shape index (κ1) is 19.3. The number of hydrogen-bond donors (Lipinski definition) is 0. The van der Waals surface area contributed by atoms with Crippen molar-refractivity contribution in [1.29, 1.82) is 0 Å². The van der Waals surface area contributed by atoms with Gasteiger partial charge in [0.25, 0.3) is 0 Å². The Labute approximate surface area is 172 Å². The second-order valence-electron chi connectivity index (χ2n) is 7.93. The van der Waals surface area contributed by atoms with Crippen molar-refractivity contribution in [3.63, 3.8) is 0 Å². The van der Waals surface area contributed by atoms with Crippen molar-refractivity contribution < 1.29 is 21.6 Å². The van der Waals surface area contributed by atoms with Crippen molar-refractivity contribution in [2.75, 3.05) is 13.1 Å². The van der Waals surface area contributed by atoms with Gasteiger partial charge in [0.1, 0.15) is 11.6 Å². The SMILES string of the molecule is O=S(=O)(c1ccc(F)cc1)N1CCC2(CC1)C[C@@H]2c1nnc(-c2cccc(F)c2)o1. The number of aromatic nitrogens is 2. The Morgan fingerprint density at radius 1 is 1.00 bits per heavy atom. The molecule has 9 heteroatoms. The van der Waals surface area contributed by atoms with E-state index in [0.29, 0.717) is 37.4 Å². The zero-order valence-electron chi connectivity index (χ0n) is 16.0. The highest BCUT2D eigenvalue weighted by Gasteiger charge is 2.58. The average molecular weight is 431 g/mol. The third-order valence-corrected chi connectivity index (χ3v) is 8.08. The second kappa shape index (κ2) is 6.95. The van der Waals surface area contributed by atoms with Crippen molar-refractivity contribution in [2.45, 2.75) is 30.1 Å². The van der Waals surface area contributed by atoms with Crippen LogP contribution in [0.3, 0.4) is 0 Å². The van der Waals surface area contributed by atoms with Crippen LogP contribution >= 0.6 is 0 Å². The van der Waals surface area contributed by atoms with Crippen molar-refractivity contribution in [1.82, 2.24) is 14.5 Å². The van der Waals surface area contributed by atoms with Gasteiger partial charge in [-0.2, -0.15) is 4.31 Å². The predicted molar refractivity (Wildman–Crippen MR) is 104 cm³/mol. The van der Waals surface area contributed by atoms with Gasteiger partial charge in [-0.15, -0.1) is 10.2 Å². The van der Waals surface area contributed by atoms with Crippen LogP contribution in [-0.2, 0) is 10.0 Å². The topological polar surface area (TPSA) is 76.3 Å². The summed E-state index contributed by atoms with van der Waals surface area (Å²) < 4.78 is 59.4.